The average Bonchev–Trinajstić information content (AvgIpc) is 2.74. The van der Waals surface area contributed by atoms with Crippen molar-refractivity contribution in [2.45, 2.75) is 46.1 Å². The van der Waals surface area contributed by atoms with E-state index in [1.807, 2.05) is 0 Å². The average molecular weight is 253 g/mol. The van der Waals surface area contributed by atoms with Gasteiger partial charge < -0.3 is 14.5 Å². The van der Waals surface area contributed by atoms with Crippen molar-refractivity contribution in [1.29, 1.82) is 0 Å². The Morgan fingerprint density at radius 1 is 1.39 bits per heavy atom. The highest BCUT2D eigenvalue weighted by Gasteiger charge is 2.14. The number of ether oxygens (including phenoxy) is 1. The van der Waals surface area contributed by atoms with E-state index in [-0.39, 0.29) is 5.97 Å². The van der Waals surface area contributed by atoms with Gasteiger partial charge in [0.2, 0.25) is 0 Å². The number of aryl methyl sites for hydroxylation is 1. The highest BCUT2D eigenvalue weighted by molar-refractivity contribution is 5.90. The molecular weight excluding hydrogens is 230 g/mol. The monoisotopic (exact) mass is 253 g/mol. The Morgan fingerprint density at radius 3 is 2.83 bits per heavy atom. The Labute approximate surface area is 109 Å². The van der Waals surface area contributed by atoms with Crippen LogP contribution in [0.1, 0.15) is 54.5 Å². The molecule has 0 aromatic carbocycles. The molecule has 102 valence electrons. The smallest absolute Gasteiger partial charge is 0.341 e. The molecule has 0 atom stereocenters. The van der Waals surface area contributed by atoms with Gasteiger partial charge in [0.1, 0.15) is 17.1 Å². The summed E-state index contributed by atoms with van der Waals surface area (Å²) >= 11 is 0. The van der Waals surface area contributed by atoms with Crippen LogP contribution in [0.3, 0.4) is 0 Å². The van der Waals surface area contributed by atoms with Crippen LogP contribution in [-0.2, 0) is 11.3 Å². The van der Waals surface area contributed by atoms with Gasteiger partial charge in [-0.2, -0.15) is 0 Å². The lowest BCUT2D eigenvalue weighted by atomic mass is 10.2. The molecule has 1 aromatic heterocycles. The molecule has 0 aliphatic carbocycles. The predicted molar refractivity (Wildman–Crippen MR) is 70.6 cm³/mol. The molecule has 0 spiro atoms. The lowest BCUT2D eigenvalue weighted by Crippen LogP contribution is -2.14. The molecule has 0 amide bonds. The summed E-state index contributed by atoms with van der Waals surface area (Å²) in [5, 5.41) is 3.31. The second kappa shape index (κ2) is 7.93. The third-order valence-electron chi connectivity index (χ3n) is 2.88. The molecule has 1 N–H and O–H groups in total. The second-order valence-corrected chi connectivity index (χ2v) is 4.41. The topological polar surface area (TPSA) is 51.5 Å². The normalized spacial score (nSPS) is 10.6. The van der Waals surface area contributed by atoms with Crippen molar-refractivity contribution in [1.82, 2.24) is 5.32 Å². The molecule has 1 heterocycles. The van der Waals surface area contributed by atoms with Gasteiger partial charge in [-0.1, -0.05) is 26.2 Å². The molecule has 0 bridgehead atoms. The molecule has 0 fully saturated rings. The summed E-state index contributed by atoms with van der Waals surface area (Å²) in [6, 6.07) is 1.75. The van der Waals surface area contributed by atoms with Crippen LogP contribution < -0.4 is 5.32 Å². The van der Waals surface area contributed by atoms with E-state index >= 15 is 0 Å². The standard InChI is InChI=1S/C14H23NO3/c1-4-5-6-7-8-15-10-12-9-13(11(2)18-12)14(16)17-3/h9,15H,4-8,10H2,1-3H3. The van der Waals surface area contributed by atoms with Gasteiger partial charge in [0.25, 0.3) is 0 Å². The fraction of sp³-hybridized carbons (Fsp3) is 0.643. The zero-order valence-electron chi connectivity index (χ0n) is 11.5. The molecule has 0 saturated heterocycles. The van der Waals surface area contributed by atoms with Crippen molar-refractivity contribution < 1.29 is 13.9 Å². The number of esters is 1. The molecule has 0 aliphatic heterocycles. The highest BCUT2D eigenvalue weighted by Crippen LogP contribution is 2.15. The number of rotatable bonds is 8. The van der Waals surface area contributed by atoms with Crippen LogP contribution >= 0.6 is 0 Å². The molecule has 0 aliphatic rings. The third-order valence-corrected chi connectivity index (χ3v) is 2.88. The summed E-state index contributed by atoms with van der Waals surface area (Å²) in [4.78, 5) is 11.4. The van der Waals surface area contributed by atoms with Gasteiger partial charge >= 0.3 is 5.97 Å². The molecule has 1 rings (SSSR count). The van der Waals surface area contributed by atoms with E-state index in [9.17, 15) is 4.79 Å². The largest absolute Gasteiger partial charge is 0.465 e. The number of furan rings is 1. The minimum absolute atomic E-state index is 0.342. The number of methoxy groups -OCH3 is 1. The van der Waals surface area contributed by atoms with E-state index in [0.717, 1.165) is 12.3 Å². The molecular formula is C14H23NO3. The fourth-order valence-corrected chi connectivity index (χ4v) is 1.83. The van der Waals surface area contributed by atoms with Crippen LogP contribution in [-0.4, -0.2) is 19.6 Å². The lowest BCUT2D eigenvalue weighted by Gasteiger charge is -2.01. The van der Waals surface area contributed by atoms with E-state index in [1.165, 1.54) is 32.8 Å². The van der Waals surface area contributed by atoms with Gasteiger partial charge in [0.15, 0.2) is 0 Å². The van der Waals surface area contributed by atoms with Crippen molar-refractivity contribution in [3.63, 3.8) is 0 Å². The summed E-state index contributed by atoms with van der Waals surface area (Å²) in [6.07, 6.45) is 4.97. The third kappa shape index (κ3) is 4.53. The summed E-state index contributed by atoms with van der Waals surface area (Å²) in [7, 11) is 1.38. The van der Waals surface area contributed by atoms with Crippen molar-refractivity contribution in [3.8, 4) is 0 Å². The Morgan fingerprint density at radius 2 is 2.17 bits per heavy atom. The number of hydrogen-bond donors (Lipinski definition) is 1. The van der Waals surface area contributed by atoms with Crippen LogP contribution in [0.2, 0.25) is 0 Å². The molecule has 0 saturated carbocycles. The molecule has 18 heavy (non-hydrogen) atoms. The quantitative estimate of drug-likeness (QED) is 0.571. The Balaban J connectivity index is 2.33. The van der Waals surface area contributed by atoms with Crippen molar-refractivity contribution in [2.24, 2.45) is 0 Å². The summed E-state index contributed by atoms with van der Waals surface area (Å²) in [5.41, 5.74) is 0.514. The highest BCUT2D eigenvalue weighted by atomic mass is 16.5. The number of carbonyl (C=O) groups is 1. The number of carbonyl (C=O) groups excluding carboxylic acids is 1. The molecule has 0 unspecified atom stereocenters. The van der Waals surface area contributed by atoms with Crippen molar-refractivity contribution >= 4 is 5.97 Å². The van der Waals surface area contributed by atoms with E-state index in [2.05, 4.69) is 17.0 Å². The summed E-state index contributed by atoms with van der Waals surface area (Å²) in [5.74, 6) is 1.05. The maximum Gasteiger partial charge on any atom is 0.341 e. The lowest BCUT2D eigenvalue weighted by molar-refractivity contribution is 0.0599. The summed E-state index contributed by atoms with van der Waals surface area (Å²) in [6.45, 7) is 5.61. The van der Waals surface area contributed by atoms with E-state index < -0.39 is 0 Å². The molecule has 0 radical (unpaired) electrons. The van der Waals surface area contributed by atoms with Crippen molar-refractivity contribution in [3.05, 3.63) is 23.2 Å². The number of nitrogens with one attached hydrogen (secondary N) is 1. The summed E-state index contributed by atoms with van der Waals surface area (Å²) < 4.78 is 10.2. The van der Waals surface area contributed by atoms with Gasteiger partial charge in [0.05, 0.1) is 13.7 Å². The molecule has 4 heteroatoms. The Kier molecular flexibility index (Phi) is 6.50. The maximum atomic E-state index is 11.4. The molecule has 4 nitrogen and oxygen atoms in total. The van der Waals surface area contributed by atoms with Crippen LogP contribution in [0.15, 0.2) is 10.5 Å². The van der Waals surface area contributed by atoms with Crippen LogP contribution in [0.5, 0.6) is 0 Å². The van der Waals surface area contributed by atoms with Crippen LogP contribution in [0.4, 0.5) is 0 Å². The second-order valence-electron chi connectivity index (χ2n) is 4.41. The molecule has 1 aromatic rings. The van der Waals surface area contributed by atoms with Gasteiger partial charge in [0, 0.05) is 0 Å². The Bertz CT molecular complexity index is 371. The first-order valence-corrected chi connectivity index (χ1v) is 6.57. The SMILES string of the molecule is CCCCCCNCc1cc(C(=O)OC)c(C)o1. The zero-order chi connectivity index (χ0) is 13.4. The van der Waals surface area contributed by atoms with Gasteiger partial charge in [-0.25, -0.2) is 4.79 Å². The fourth-order valence-electron chi connectivity index (χ4n) is 1.83. The van der Waals surface area contributed by atoms with Gasteiger partial charge in [-0.15, -0.1) is 0 Å². The van der Waals surface area contributed by atoms with Crippen molar-refractivity contribution in [2.75, 3.05) is 13.7 Å². The first-order valence-electron chi connectivity index (χ1n) is 6.57. The van der Waals surface area contributed by atoms with Gasteiger partial charge in [-0.3, -0.25) is 0 Å². The predicted octanol–water partition coefficient (Wildman–Crippen LogP) is 3.04. The van der Waals surface area contributed by atoms with Crippen LogP contribution in [0.25, 0.3) is 0 Å². The van der Waals surface area contributed by atoms with Gasteiger partial charge in [-0.05, 0) is 26.0 Å². The zero-order valence-corrected chi connectivity index (χ0v) is 11.5. The minimum atomic E-state index is -0.342. The van der Waals surface area contributed by atoms with E-state index in [0.29, 0.717) is 17.9 Å². The number of unbranched alkanes of at least 4 members (excludes halogenated alkanes) is 3. The Hall–Kier alpha value is -1.29. The minimum Gasteiger partial charge on any atom is -0.465 e. The first kappa shape index (κ1) is 14.8. The van der Waals surface area contributed by atoms with E-state index in [1.54, 1.807) is 13.0 Å². The van der Waals surface area contributed by atoms with Crippen LogP contribution in [0, 0.1) is 6.92 Å². The van der Waals surface area contributed by atoms with E-state index in [4.69, 9.17) is 4.42 Å². The number of hydrogen-bond acceptors (Lipinski definition) is 4. The maximum absolute atomic E-state index is 11.4. The first-order chi connectivity index (χ1) is 8.69.